The molecule has 1 atom stereocenters. The molecule has 0 fully saturated rings. The zero-order chi connectivity index (χ0) is 14.9. The van der Waals surface area contributed by atoms with E-state index in [0.717, 1.165) is 24.4 Å². The maximum Gasteiger partial charge on any atom is 0.0406 e. The van der Waals surface area contributed by atoms with E-state index >= 15 is 0 Å². The first kappa shape index (κ1) is 16.1. The molecule has 1 unspecified atom stereocenters. The minimum Gasteiger partial charge on any atom is -0.310 e. The third kappa shape index (κ3) is 5.53. The summed E-state index contributed by atoms with van der Waals surface area (Å²) in [5.74, 6) is 0. The fraction of sp³-hybridized carbons (Fsp3) is 0.368. The Hall–Kier alpha value is -1.31. The fourth-order valence-corrected chi connectivity index (χ4v) is 2.68. The Labute approximate surface area is 133 Å². The van der Waals surface area contributed by atoms with E-state index < -0.39 is 0 Å². The number of rotatable bonds is 8. The van der Waals surface area contributed by atoms with Crippen LogP contribution in [-0.2, 0) is 6.42 Å². The number of halogens is 1. The number of nitrogens with one attached hydrogen (secondary N) is 1. The van der Waals surface area contributed by atoms with E-state index in [-0.39, 0.29) is 0 Å². The molecule has 0 saturated heterocycles. The highest BCUT2D eigenvalue weighted by atomic mass is 35.5. The van der Waals surface area contributed by atoms with Crippen LogP contribution in [0.5, 0.6) is 0 Å². The van der Waals surface area contributed by atoms with Crippen LogP contribution >= 0.6 is 11.6 Å². The van der Waals surface area contributed by atoms with Gasteiger partial charge in [0.2, 0.25) is 0 Å². The molecule has 21 heavy (non-hydrogen) atoms. The molecular weight excluding hydrogens is 278 g/mol. The van der Waals surface area contributed by atoms with E-state index in [1.807, 2.05) is 12.1 Å². The minimum absolute atomic E-state index is 0.457. The Morgan fingerprint density at radius 1 is 1.00 bits per heavy atom. The number of hydrogen-bond donors (Lipinski definition) is 1. The van der Waals surface area contributed by atoms with Crippen molar-refractivity contribution in [3.05, 3.63) is 70.7 Å². The highest BCUT2D eigenvalue weighted by molar-refractivity contribution is 6.30. The third-order valence-electron chi connectivity index (χ3n) is 3.71. The van der Waals surface area contributed by atoms with Crippen molar-refractivity contribution in [2.45, 2.75) is 38.6 Å². The lowest BCUT2D eigenvalue weighted by Crippen LogP contribution is -2.22. The minimum atomic E-state index is 0.457. The summed E-state index contributed by atoms with van der Waals surface area (Å²) in [6, 6.07) is 19.4. The summed E-state index contributed by atoms with van der Waals surface area (Å²) in [5.41, 5.74) is 2.75. The van der Waals surface area contributed by atoms with Gasteiger partial charge in [-0.2, -0.15) is 0 Å². The van der Waals surface area contributed by atoms with E-state index in [1.165, 1.54) is 24.0 Å². The zero-order valence-electron chi connectivity index (χ0n) is 12.7. The third-order valence-corrected chi connectivity index (χ3v) is 3.97. The molecule has 0 heterocycles. The van der Waals surface area contributed by atoms with Crippen molar-refractivity contribution >= 4 is 11.6 Å². The number of hydrogen-bond acceptors (Lipinski definition) is 1. The van der Waals surface area contributed by atoms with Gasteiger partial charge < -0.3 is 5.32 Å². The summed E-state index contributed by atoms with van der Waals surface area (Å²) in [6.45, 7) is 3.28. The summed E-state index contributed by atoms with van der Waals surface area (Å²) < 4.78 is 0. The highest BCUT2D eigenvalue weighted by Crippen LogP contribution is 2.20. The molecule has 2 aromatic carbocycles. The van der Waals surface area contributed by atoms with Gasteiger partial charge in [-0.3, -0.25) is 0 Å². The van der Waals surface area contributed by atoms with E-state index in [0.29, 0.717) is 6.04 Å². The Balaban J connectivity index is 1.88. The Morgan fingerprint density at radius 3 is 2.38 bits per heavy atom. The SMILES string of the molecule is CCCNC(CCCc1ccc(Cl)cc1)c1ccccc1. The fourth-order valence-electron chi connectivity index (χ4n) is 2.55. The van der Waals surface area contributed by atoms with E-state index in [4.69, 9.17) is 11.6 Å². The predicted octanol–water partition coefficient (Wildman–Crippen LogP) is 5.40. The highest BCUT2D eigenvalue weighted by Gasteiger charge is 2.09. The number of benzene rings is 2. The Bertz CT molecular complexity index is 507. The molecule has 0 aliphatic carbocycles. The molecule has 2 heteroatoms. The van der Waals surface area contributed by atoms with Gasteiger partial charge in [-0.1, -0.05) is 61.0 Å². The first-order chi connectivity index (χ1) is 10.3. The van der Waals surface area contributed by atoms with Crippen LogP contribution < -0.4 is 5.32 Å². The van der Waals surface area contributed by atoms with Gasteiger partial charge in [-0.25, -0.2) is 0 Å². The van der Waals surface area contributed by atoms with E-state index in [9.17, 15) is 0 Å². The topological polar surface area (TPSA) is 12.0 Å². The lowest BCUT2D eigenvalue weighted by molar-refractivity contribution is 0.484. The van der Waals surface area contributed by atoms with Crippen molar-refractivity contribution in [3.8, 4) is 0 Å². The van der Waals surface area contributed by atoms with E-state index in [1.54, 1.807) is 0 Å². The summed E-state index contributed by atoms with van der Waals surface area (Å²) in [5, 5.41) is 4.47. The summed E-state index contributed by atoms with van der Waals surface area (Å²) in [6.07, 6.45) is 4.61. The molecule has 0 amide bonds. The summed E-state index contributed by atoms with van der Waals surface area (Å²) in [7, 11) is 0. The van der Waals surface area contributed by atoms with Crippen LogP contribution in [0.15, 0.2) is 54.6 Å². The van der Waals surface area contributed by atoms with Gasteiger partial charge in [0.15, 0.2) is 0 Å². The second-order valence-electron chi connectivity index (χ2n) is 5.44. The van der Waals surface area contributed by atoms with Crippen LogP contribution in [0.25, 0.3) is 0 Å². The molecule has 0 radical (unpaired) electrons. The lowest BCUT2D eigenvalue weighted by Gasteiger charge is -2.19. The molecule has 2 aromatic rings. The number of aryl methyl sites for hydroxylation is 1. The standard InChI is InChI=1S/C19H24ClN/c1-2-15-21-19(17-8-4-3-5-9-17)10-6-7-16-11-13-18(20)14-12-16/h3-5,8-9,11-14,19,21H,2,6-7,10,15H2,1H3. The molecule has 0 aliphatic rings. The van der Waals surface area contributed by atoms with Crippen LogP contribution in [0.2, 0.25) is 5.02 Å². The maximum absolute atomic E-state index is 5.92. The second-order valence-corrected chi connectivity index (χ2v) is 5.87. The van der Waals surface area contributed by atoms with Crippen molar-refractivity contribution in [2.75, 3.05) is 6.54 Å². The second kappa shape index (κ2) is 8.86. The average molecular weight is 302 g/mol. The first-order valence-corrected chi connectivity index (χ1v) is 8.20. The molecule has 0 aromatic heterocycles. The van der Waals surface area contributed by atoms with Crippen LogP contribution in [0, 0.1) is 0 Å². The lowest BCUT2D eigenvalue weighted by atomic mass is 9.99. The van der Waals surface area contributed by atoms with Gasteiger partial charge >= 0.3 is 0 Å². The molecule has 0 spiro atoms. The smallest absolute Gasteiger partial charge is 0.0406 e. The van der Waals surface area contributed by atoms with Gasteiger partial charge in [0.1, 0.15) is 0 Å². The average Bonchev–Trinajstić information content (AvgIpc) is 2.53. The first-order valence-electron chi connectivity index (χ1n) is 7.82. The normalized spacial score (nSPS) is 12.3. The van der Waals surface area contributed by atoms with E-state index in [2.05, 4.69) is 54.7 Å². The monoisotopic (exact) mass is 301 g/mol. The quantitative estimate of drug-likeness (QED) is 0.688. The maximum atomic E-state index is 5.92. The summed E-state index contributed by atoms with van der Waals surface area (Å²) in [4.78, 5) is 0. The Morgan fingerprint density at radius 2 is 1.71 bits per heavy atom. The van der Waals surface area contributed by atoms with Gasteiger partial charge in [-0.15, -0.1) is 0 Å². The van der Waals surface area contributed by atoms with Crippen molar-refractivity contribution in [2.24, 2.45) is 0 Å². The van der Waals surface area contributed by atoms with Crippen molar-refractivity contribution in [3.63, 3.8) is 0 Å². The molecular formula is C19H24ClN. The molecule has 0 aliphatic heterocycles. The van der Waals surface area contributed by atoms with Crippen LogP contribution in [0.3, 0.4) is 0 Å². The van der Waals surface area contributed by atoms with Gasteiger partial charge in [0.25, 0.3) is 0 Å². The van der Waals surface area contributed by atoms with Crippen molar-refractivity contribution < 1.29 is 0 Å². The summed E-state index contributed by atoms with van der Waals surface area (Å²) >= 11 is 5.92. The van der Waals surface area contributed by atoms with Crippen LogP contribution in [0.4, 0.5) is 0 Å². The van der Waals surface area contributed by atoms with Crippen molar-refractivity contribution in [1.29, 1.82) is 0 Å². The Kier molecular flexibility index (Phi) is 6.78. The zero-order valence-corrected chi connectivity index (χ0v) is 13.4. The molecule has 0 bridgehead atoms. The molecule has 2 rings (SSSR count). The molecule has 1 nitrogen and oxygen atoms in total. The van der Waals surface area contributed by atoms with Gasteiger partial charge in [-0.05, 0) is 55.5 Å². The molecule has 0 saturated carbocycles. The molecule has 112 valence electrons. The largest absolute Gasteiger partial charge is 0.310 e. The van der Waals surface area contributed by atoms with Crippen LogP contribution in [-0.4, -0.2) is 6.54 Å². The predicted molar refractivity (Wildman–Crippen MR) is 91.9 cm³/mol. The van der Waals surface area contributed by atoms with Crippen LogP contribution in [0.1, 0.15) is 43.4 Å². The van der Waals surface area contributed by atoms with Gasteiger partial charge in [0, 0.05) is 11.1 Å². The molecule has 1 N–H and O–H groups in total. The van der Waals surface area contributed by atoms with Gasteiger partial charge in [0.05, 0.1) is 0 Å². The van der Waals surface area contributed by atoms with Crippen molar-refractivity contribution in [1.82, 2.24) is 5.32 Å².